The molecule has 10 heteroatoms. The maximum absolute atomic E-state index is 12.3. The maximum Gasteiger partial charge on any atom is 0.261 e. The monoisotopic (exact) mass is 386 g/mol. The Hall–Kier alpha value is -2.88. The molecule has 3 aromatic rings. The highest BCUT2D eigenvalue weighted by atomic mass is 32.2. The number of amides is 1. The van der Waals surface area contributed by atoms with Crippen LogP contribution < -0.4 is 16.0 Å². The van der Waals surface area contributed by atoms with E-state index in [1.807, 2.05) is 45.0 Å². The van der Waals surface area contributed by atoms with Crippen molar-refractivity contribution in [3.63, 3.8) is 0 Å². The van der Waals surface area contributed by atoms with Crippen molar-refractivity contribution in [1.82, 2.24) is 24.6 Å². The Morgan fingerprint density at radius 3 is 2.63 bits per heavy atom. The summed E-state index contributed by atoms with van der Waals surface area (Å²) in [7, 11) is 0. The quantitative estimate of drug-likeness (QED) is 0.507. The molecule has 0 fully saturated rings. The SMILES string of the molecule is CCNc1nc(NCC)n2c(SCC(=O)Nc3ccccc3C)nnc2n1. The second kappa shape index (κ2) is 8.67. The van der Waals surface area contributed by atoms with E-state index in [1.165, 1.54) is 11.8 Å². The van der Waals surface area contributed by atoms with E-state index in [0.29, 0.717) is 35.9 Å². The van der Waals surface area contributed by atoms with Crippen LogP contribution in [0.15, 0.2) is 29.4 Å². The van der Waals surface area contributed by atoms with E-state index in [4.69, 9.17) is 0 Å². The zero-order valence-electron chi connectivity index (χ0n) is 15.5. The van der Waals surface area contributed by atoms with Crippen LogP contribution in [0.1, 0.15) is 19.4 Å². The lowest BCUT2D eigenvalue weighted by atomic mass is 10.2. The lowest BCUT2D eigenvalue weighted by molar-refractivity contribution is -0.113. The number of rotatable bonds is 8. The molecule has 142 valence electrons. The Balaban J connectivity index is 1.76. The van der Waals surface area contributed by atoms with Gasteiger partial charge in [-0.1, -0.05) is 30.0 Å². The number of carbonyl (C=O) groups excluding carboxylic acids is 1. The maximum atomic E-state index is 12.3. The number of thioether (sulfide) groups is 1. The summed E-state index contributed by atoms with van der Waals surface area (Å²) >= 11 is 1.29. The molecule has 1 amide bonds. The molecule has 2 heterocycles. The standard InChI is InChI=1S/C17H22N8OS/c1-4-18-14-21-15(19-5-2)25-16(22-14)23-24-17(25)27-10-13(26)20-12-9-7-6-8-11(12)3/h6-9H,4-5,10H2,1-3H3,(H,20,26)(H2,18,19,21,22,23). The smallest absolute Gasteiger partial charge is 0.261 e. The van der Waals surface area contributed by atoms with E-state index < -0.39 is 0 Å². The number of para-hydroxylation sites is 1. The fourth-order valence-electron chi connectivity index (χ4n) is 2.43. The predicted molar refractivity (Wildman–Crippen MR) is 107 cm³/mol. The number of fused-ring (bicyclic) bond motifs is 1. The zero-order chi connectivity index (χ0) is 19.2. The van der Waals surface area contributed by atoms with Crippen molar-refractivity contribution in [3.8, 4) is 0 Å². The summed E-state index contributed by atoms with van der Waals surface area (Å²) in [4.78, 5) is 21.1. The predicted octanol–water partition coefficient (Wildman–Crippen LogP) is 2.42. The molecular formula is C17H22N8OS. The Morgan fingerprint density at radius 2 is 1.89 bits per heavy atom. The largest absolute Gasteiger partial charge is 0.355 e. The van der Waals surface area contributed by atoms with Gasteiger partial charge in [0.05, 0.1) is 5.75 Å². The van der Waals surface area contributed by atoms with Crippen molar-refractivity contribution >= 4 is 41.0 Å². The Kier molecular flexibility index (Phi) is 6.07. The summed E-state index contributed by atoms with van der Waals surface area (Å²) in [6, 6.07) is 7.66. The summed E-state index contributed by atoms with van der Waals surface area (Å²) < 4.78 is 1.72. The van der Waals surface area contributed by atoms with Gasteiger partial charge in [-0.25, -0.2) is 4.40 Å². The van der Waals surface area contributed by atoms with Crippen molar-refractivity contribution < 1.29 is 4.79 Å². The lowest BCUT2D eigenvalue weighted by Crippen LogP contribution is -2.15. The highest BCUT2D eigenvalue weighted by Gasteiger charge is 2.16. The summed E-state index contributed by atoms with van der Waals surface area (Å²) in [5.41, 5.74) is 1.82. The van der Waals surface area contributed by atoms with Crippen molar-refractivity contribution in [2.45, 2.75) is 25.9 Å². The molecule has 0 aliphatic carbocycles. The third-order valence-corrected chi connectivity index (χ3v) is 4.60. The molecular weight excluding hydrogens is 364 g/mol. The van der Waals surface area contributed by atoms with Crippen LogP contribution in [0.2, 0.25) is 0 Å². The van der Waals surface area contributed by atoms with Gasteiger partial charge in [-0.15, -0.1) is 10.2 Å². The first-order valence-corrected chi connectivity index (χ1v) is 9.70. The summed E-state index contributed by atoms with van der Waals surface area (Å²) in [5, 5.41) is 18.0. The van der Waals surface area contributed by atoms with Crippen LogP contribution in [0.3, 0.4) is 0 Å². The third-order valence-electron chi connectivity index (χ3n) is 3.67. The third kappa shape index (κ3) is 4.45. The van der Waals surface area contributed by atoms with E-state index in [0.717, 1.165) is 11.3 Å². The van der Waals surface area contributed by atoms with E-state index in [1.54, 1.807) is 4.40 Å². The van der Waals surface area contributed by atoms with Crippen LogP contribution in [-0.2, 0) is 4.79 Å². The molecule has 9 nitrogen and oxygen atoms in total. The van der Waals surface area contributed by atoms with Crippen LogP contribution in [0.5, 0.6) is 0 Å². The molecule has 0 aliphatic rings. The average molecular weight is 386 g/mol. The van der Waals surface area contributed by atoms with Crippen LogP contribution in [0, 0.1) is 6.92 Å². The molecule has 0 bridgehead atoms. The molecule has 1 aromatic carbocycles. The Morgan fingerprint density at radius 1 is 1.11 bits per heavy atom. The van der Waals surface area contributed by atoms with Crippen molar-refractivity contribution in [2.75, 3.05) is 34.8 Å². The van der Waals surface area contributed by atoms with Gasteiger partial charge in [0.2, 0.25) is 17.8 Å². The Labute approximate surface area is 161 Å². The molecule has 0 spiro atoms. The first-order chi connectivity index (χ1) is 13.1. The average Bonchev–Trinajstić information content (AvgIpc) is 3.06. The molecule has 3 rings (SSSR count). The van der Waals surface area contributed by atoms with Crippen LogP contribution in [0.4, 0.5) is 17.6 Å². The van der Waals surface area contributed by atoms with Gasteiger partial charge in [0, 0.05) is 18.8 Å². The summed E-state index contributed by atoms with van der Waals surface area (Å²) in [6.45, 7) is 7.30. The number of benzene rings is 1. The molecule has 2 aromatic heterocycles. The lowest BCUT2D eigenvalue weighted by Gasteiger charge is -2.10. The number of nitrogens with zero attached hydrogens (tertiary/aromatic N) is 5. The normalized spacial score (nSPS) is 10.8. The minimum atomic E-state index is -0.110. The fraction of sp³-hybridized carbons (Fsp3) is 0.353. The van der Waals surface area contributed by atoms with Gasteiger partial charge >= 0.3 is 0 Å². The van der Waals surface area contributed by atoms with Crippen LogP contribution >= 0.6 is 11.8 Å². The second-order valence-corrected chi connectivity index (χ2v) is 6.64. The second-order valence-electron chi connectivity index (χ2n) is 5.70. The number of hydrogen-bond acceptors (Lipinski definition) is 8. The van der Waals surface area contributed by atoms with Gasteiger partial charge in [-0.2, -0.15) is 9.97 Å². The molecule has 3 N–H and O–H groups in total. The molecule has 0 saturated carbocycles. The highest BCUT2D eigenvalue weighted by molar-refractivity contribution is 7.99. The topological polar surface area (TPSA) is 109 Å². The highest BCUT2D eigenvalue weighted by Crippen LogP contribution is 2.21. The van der Waals surface area contributed by atoms with Gasteiger partial charge in [-0.05, 0) is 32.4 Å². The van der Waals surface area contributed by atoms with Crippen molar-refractivity contribution in [3.05, 3.63) is 29.8 Å². The van der Waals surface area contributed by atoms with Gasteiger partial charge in [-0.3, -0.25) is 4.79 Å². The van der Waals surface area contributed by atoms with Crippen molar-refractivity contribution in [2.24, 2.45) is 0 Å². The number of hydrogen-bond donors (Lipinski definition) is 3. The summed E-state index contributed by atoms with van der Waals surface area (Å²) in [5.74, 6) is 1.60. The number of anilines is 3. The molecule has 0 radical (unpaired) electrons. The molecule has 0 saturated heterocycles. The van der Waals surface area contributed by atoms with Crippen molar-refractivity contribution in [1.29, 1.82) is 0 Å². The zero-order valence-corrected chi connectivity index (χ0v) is 16.3. The first-order valence-electron chi connectivity index (χ1n) is 8.71. The van der Waals surface area contributed by atoms with Gasteiger partial charge < -0.3 is 16.0 Å². The summed E-state index contributed by atoms with van der Waals surface area (Å²) in [6.07, 6.45) is 0. The number of carbonyl (C=O) groups is 1. The molecule has 0 unspecified atom stereocenters. The van der Waals surface area contributed by atoms with Crippen LogP contribution in [-0.4, -0.2) is 49.3 Å². The fourth-order valence-corrected chi connectivity index (χ4v) is 3.16. The molecule has 0 atom stereocenters. The van der Waals surface area contributed by atoms with E-state index in [2.05, 4.69) is 36.1 Å². The molecule has 27 heavy (non-hydrogen) atoms. The van der Waals surface area contributed by atoms with E-state index in [9.17, 15) is 4.79 Å². The first kappa shape index (κ1) is 18.9. The van der Waals surface area contributed by atoms with Crippen LogP contribution in [0.25, 0.3) is 5.78 Å². The van der Waals surface area contributed by atoms with Gasteiger partial charge in [0.15, 0.2) is 5.16 Å². The molecule has 0 aliphatic heterocycles. The number of aromatic nitrogens is 5. The number of aryl methyl sites for hydroxylation is 1. The van der Waals surface area contributed by atoms with E-state index >= 15 is 0 Å². The Bertz CT molecular complexity index is 942. The minimum Gasteiger partial charge on any atom is -0.355 e. The van der Waals surface area contributed by atoms with Gasteiger partial charge in [0.25, 0.3) is 5.78 Å². The van der Waals surface area contributed by atoms with Gasteiger partial charge in [0.1, 0.15) is 0 Å². The minimum absolute atomic E-state index is 0.110. The van der Waals surface area contributed by atoms with E-state index in [-0.39, 0.29) is 11.7 Å². The number of nitrogens with one attached hydrogen (secondary N) is 3.